The highest BCUT2D eigenvalue weighted by molar-refractivity contribution is 5.97. The zero-order valence-corrected chi connectivity index (χ0v) is 14.2. The van der Waals surface area contributed by atoms with Gasteiger partial charge in [-0.3, -0.25) is 4.79 Å². The van der Waals surface area contributed by atoms with Crippen LogP contribution in [0.15, 0.2) is 28.8 Å². The number of aromatic nitrogens is 1. The summed E-state index contributed by atoms with van der Waals surface area (Å²) in [5.74, 6) is -0.137. The summed E-state index contributed by atoms with van der Waals surface area (Å²) in [6.45, 7) is 7.49. The van der Waals surface area contributed by atoms with Crippen molar-refractivity contribution in [1.29, 1.82) is 0 Å². The fourth-order valence-electron chi connectivity index (χ4n) is 1.97. The summed E-state index contributed by atoms with van der Waals surface area (Å²) in [6.07, 6.45) is 0. The number of esters is 1. The van der Waals surface area contributed by atoms with E-state index in [0.717, 1.165) is 11.3 Å². The molecule has 2 rings (SSSR count). The van der Waals surface area contributed by atoms with E-state index in [2.05, 4.69) is 15.8 Å². The first-order valence-corrected chi connectivity index (χ1v) is 7.69. The van der Waals surface area contributed by atoms with Gasteiger partial charge in [0.1, 0.15) is 6.04 Å². The van der Waals surface area contributed by atoms with Crippen LogP contribution in [0.1, 0.15) is 35.5 Å². The van der Waals surface area contributed by atoms with Crippen molar-refractivity contribution in [3.05, 3.63) is 41.1 Å². The Morgan fingerprint density at radius 3 is 2.46 bits per heavy atom. The van der Waals surface area contributed by atoms with Gasteiger partial charge in [-0.15, -0.1) is 0 Å². The Bertz CT molecular complexity index is 722. The van der Waals surface area contributed by atoms with Gasteiger partial charge >= 0.3 is 5.97 Å². The average Bonchev–Trinajstić information content (AvgIpc) is 2.87. The van der Waals surface area contributed by atoms with Gasteiger partial charge < -0.3 is 19.9 Å². The van der Waals surface area contributed by atoms with E-state index in [0.29, 0.717) is 23.7 Å². The van der Waals surface area contributed by atoms with E-state index >= 15 is 0 Å². The van der Waals surface area contributed by atoms with Crippen LogP contribution in [0.3, 0.4) is 0 Å². The zero-order chi connectivity index (χ0) is 17.7. The standard InChI is InChI=1S/C17H21N3O4/c1-5-23-17(22)13-6-8-14(9-7-13)19-15(21)12(4)18-16-10(2)11(3)20-24-16/h6-9,12,18H,5H2,1-4H3,(H,19,21). The largest absolute Gasteiger partial charge is 0.462 e. The van der Waals surface area contributed by atoms with Crippen molar-refractivity contribution < 1.29 is 18.8 Å². The molecule has 128 valence electrons. The van der Waals surface area contributed by atoms with Crippen molar-refractivity contribution in [3.8, 4) is 0 Å². The van der Waals surface area contributed by atoms with Crippen molar-refractivity contribution in [2.45, 2.75) is 33.7 Å². The first-order valence-electron chi connectivity index (χ1n) is 7.69. The number of amides is 1. The number of nitrogens with zero attached hydrogens (tertiary/aromatic N) is 1. The third kappa shape index (κ3) is 4.13. The van der Waals surface area contributed by atoms with Gasteiger partial charge in [0, 0.05) is 11.3 Å². The lowest BCUT2D eigenvalue weighted by atomic mass is 10.2. The number of carbonyl (C=O) groups is 2. The summed E-state index contributed by atoms with van der Waals surface area (Å²) in [5.41, 5.74) is 2.68. The summed E-state index contributed by atoms with van der Waals surface area (Å²) in [7, 11) is 0. The molecule has 0 saturated heterocycles. The van der Waals surface area contributed by atoms with Crippen molar-refractivity contribution in [1.82, 2.24) is 5.16 Å². The van der Waals surface area contributed by atoms with Crippen LogP contribution in [-0.2, 0) is 9.53 Å². The quantitative estimate of drug-likeness (QED) is 0.791. The van der Waals surface area contributed by atoms with E-state index in [9.17, 15) is 9.59 Å². The Morgan fingerprint density at radius 1 is 1.25 bits per heavy atom. The number of hydrogen-bond donors (Lipinski definition) is 2. The minimum Gasteiger partial charge on any atom is -0.462 e. The summed E-state index contributed by atoms with van der Waals surface area (Å²) >= 11 is 0. The molecular formula is C17H21N3O4. The lowest BCUT2D eigenvalue weighted by Gasteiger charge is -2.13. The molecule has 1 heterocycles. The normalized spacial score (nSPS) is 11.7. The maximum atomic E-state index is 12.2. The number of aryl methyl sites for hydroxylation is 1. The van der Waals surface area contributed by atoms with Gasteiger partial charge in [-0.05, 0) is 52.0 Å². The summed E-state index contributed by atoms with van der Waals surface area (Å²) < 4.78 is 10.1. The molecule has 0 bridgehead atoms. The van der Waals surface area contributed by atoms with Crippen molar-refractivity contribution >= 4 is 23.4 Å². The van der Waals surface area contributed by atoms with Crippen molar-refractivity contribution in [2.24, 2.45) is 0 Å². The van der Waals surface area contributed by atoms with Crippen LogP contribution in [0.2, 0.25) is 0 Å². The average molecular weight is 331 g/mol. The maximum Gasteiger partial charge on any atom is 0.338 e. The molecule has 1 unspecified atom stereocenters. The number of hydrogen-bond acceptors (Lipinski definition) is 6. The van der Waals surface area contributed by atoms with Gasteiger partial charge in [-0.1, -0.05) is 5.16 Å². The lowest BCUT2D eigenvalue weighted by molar-refractivity contribution is -0.116. The van der Waals surface area contributed by atoms with Crippen molar-refractivity contribution in [2.75, 3.05) is 17.2 Å². The second kappa shape index (κ2) is 7.63. The van der Waals surface area contributed by atoms with Gasteiger partial charge in [-0.25, -0.2) is 4.79 Å². The molecular weight excluding hydrogens is 310 g/mol. The third-order valence-corrected chi connectivity index (χ3v) is 3.56. The van der Waals surface area contributed by atoms with E-state index in [1.54, 1.807) is 38.1 Å². The predicted octanol–water partition coefficient (Wildman–Crippen LogP) is 2.91. The number of nitrogens with one attached hydrogen (secondary N) is 2. The molecule has 0 spiro atoms. The number of rotatable bonds is 6. The van der Waals surface area contributed by atoms with E-state index < -0.39 is 6.04 Å². The van der Waals surface area contributed by atoms with Gasteiger partial charge in [-0.2, -0.15) is 0 Å². The van der Waals surface area contributed by atoms with Gasteiger partial charge in [0.15, 0.2) is 0 Å². The molecule has 0 aliphatic rings. The number of benzene rings is 1. The molecule has 24 heavy (non-hydrogen) atoms. The Morgan fingerprint density at radius 2 is 1.92 bits per heavy atom. The predicted molar refractivity (Wildman–Crippen MR) is 90.1 cm³/mol. The monoisotopic (exact) mass is 331 g/mol. The van der Waals surface area contributed by atoms with Crippen LogP contribution in [0.25, 0.3) is 0 Å². The first-order chi connectivity index (χ1) is 11.4. The SMILES string of the molecule is CCOC(=O)c1ccc(NC(=O)C(C)Nc2onc(C)c2C)cc1. The Kier molecular flexibility index (Phi) is 5.57. The molecule has 0 aliphatic heterocycles. The third-order valence-electron chi connectivity index (χ3n) is 3.56. The van der Waals surface area contributed by atoms with E-state index in [1.807, 2.05) is 13.8 Å². The second-order valence-corrected chi connectivity index (χ2v) is 5.38. The van der Waals surface area contributed by atoms with Gasteiger partial charge in [0.25, 0.3) is 0 Å². The Labute approximate surface area is 140 Å². The molecule has 0 radical (unpaired) electrons. The summed E-state index contributed by atoms with van der Waals surface area (Å²) in [4.78, 5) is 23.8. The molecule has 1 aromatic carbocycles. The Balaban J connectivity index is 1.96. The zero-order valence-electron chi connectivity index (χ0n) is 14.2. The molecule has 1 amide bonds. The molecule has 0 fully saturated rings. The van der Waals surface area contributed by atoms with E-state index in [-0.39, 0.29) is 11.9 Å². The van der Waals surface area contributed by atoms with E-state index in [4.69, 9.17) is 9.26 Å². The maximum absolute atomic E-state index is 12.2. The Hall–Kier alpha value is -2.83. The molecule has 0 saturated carbocycles. The molecule has 2 N–H and O–H groups in total. The molecule has 7 heteroatoms. The van der Waals surface area contributed by atoms with Crippen LogP contribution < -0.4 is 10.6 Å². The van der Waals surface area contributed by atoms with Gasteiger partial charge in [0.05, 0.1) is 17.9 Å². The molecule has 2 aromatic rings. The van der Waals surface area contributed by atoms with Crippen molar-refractivity contribution in [3.63, 3.8) is 0 Å². The van der Waals surface area contributed by atoms with Crippen LogP contribution in [-0.4, -0.2) is 29.7 Å². The van der Waals surface area contributed by atoms with Crippen LogP contribution in [0.5, 0.6) is 0 Å². The number of anilines is 2. The van der Waals surface area contributed by atoms with E-state index in [1.165, 1.54) is 0 Å². The van der Waals surface area contributed by atoms with Crippen LogP contribution in [0.4, 0.5) is 11.6 Å². The highest BCUT2D eigenvalue weighted by Gasteiger charge is 2.17. The molecule has 7 nitrogen and oxygen atoms in total. The first kappa shape index (κ1) is 17.5. The lowest BCUT2D eigenvalue weighted by Crippen LogP contribution is -2.31. The smallest absolute Gasteiger partial charge is 0.338 e. The molecule has 1 atom stereocenters. The van der Waals surface area contributed by atoms with Crippen LogP contribution in [0, 0.1) is 13.8 Å². The molecule has 0 aliphatic carbocycles. The fourth-order valence-corrected chi connectivity index (χ4v) is 1.97. The second-order valence-electron chi connectivity index (χ2n) is 5.38. The topological polar surface area (TPSA) is 93.5 Å². The number of ether oxygens (including phenoxy) is 1. The van der Waals surface area contributed by atoms with Gasteiger partial charge in [0.2, 0.25) is 11.8 Å². The summed E-state index contributed by atoms with van der Waals surface area (Å²) in [5, 5.41) is 9.59. The highest BCUT2D eigenvalue weighted by Crippen LogP contribution is 2.18. The highest BCUT2D eigenvalue weighted by atomic mass is 16.5. The van der Waals surface area contributed by atoms with Crippen LogP contribution >= 0.6 is 0 Å². The number of carbonyl (C=O) groups excluding carboxylic acids is 2. The summed E-state index contributed by atoms with van der Waals surface area (Å²) in [6, 6.07) is 6.01. The minimum atomic E-state index is -0.513. The fraction of sp³-hybridized carbons (Fsp3) is 0.353. The minimum absolute atomic E-state index is 0.229. The molecule has 1 aromatic heterocycles.